The average molecular weight is 682 g/mol. The quantitative estimate of drug-likeness (QED) is 0.109. The predicted octanol–water partition coefficient (Wildman–Crippen LogP) is 7.62. The summed E-state index contributed by atoms with van der Waals surface area (Å²) < 4.78 is 115. The molecule has 0 aromatic carbocycles. The van der Waals surface area contributed by atoms with Crippen LogP contribution < -0.4 is 0 Å². The maximum Gasteiger partial charge on any atom is 3.00 e. The van der Waals surface area contributed by atoms with E-state index in [0.29, 0.717) is 7.92 Å². The fourth-order valence-electron chi connectivity index (χ4n) is 2.55. The Bertz CT molecular complexity index is 366. The summed E-state index contributed by atoms with van der Waals surface area (Å²) in [6.45, 7) is 18.7. The molecule has 2 N–H and O–H groups in total. The molecule has 0 heterocycles. The van der Waals surface area contributed by atoms with Gasteiger partial charge in [-0.3, -0.25) is 0 Å². The van der Waals surface area contributed by atoms with E-state index in [2.05, 4.69) is 54.6 Å². The first kappa shape index (κ1) is 41.6. The minimum atomic E-state index is -6.00. The molecule has 0 atom stereocenters. The topological polar surface area (TPSA) is 31.5 Å². The van der Waals surface area contributed by atoms with Crippen LogP contribution in [0.2, 0.25) is 0 Å². The summed E-state index contributed by atoms with van der Waals surface area (Å²) in [7, 11) is -5.62. The molecule has 1 saturated carbocycles. The molecule has 0 spiro atoms. The second kappa shape index (κ2) is 16.9. The average Bonchev–Trinajstić information content (AvgIpc) is 2.61. The van der Waals surface area contributed by atoms with E-state index in [4.69, 9.17) is 0 Å². The van der Waals surface area contributed by atoms with Crippen molar-refractivity contribution >= 4 is 15.2 Å². The largest absolute Gasteiger partial charge is 3.00 e. The summed E-state index contributed by atoms with van der Waals surface area (Å²) in [4.78, 5) is 0. The first-order valence-electron chi connectivity index (χ1n) is 8.59. The summed E-state index contributed by atoms with van der Waals surface area (Å²) in [6.07, 6.45) is -15.8. The number of hydrogen-bond acceptors (Lipinski definition) is 0. The maximum absolute atomic E-state index is 11.1. The molecular weight excluding hydrogens is 651 g/mol. The number of halogens is 11. The molecule has 1 aliphatic carbocycles. The minimum absolute atomic E-state index is 0. The zero-order valence-electron chi connectivity index (χ0n) is 18.4. The molecule has 1 rings (SSSR count). The molecule has 1 fully saturated rings. The number of hydrogen-bond donors (Lipinski definition) is 0. The first-order valence-corrected chi connectivity index (χ1v) is 11.3. The van der Waals surface area contributed by atoms with Crippen LogP contribution in [0.25, 0.3) is 0 Å². The summed E-state index contributed by atoms with van der Waals surface area (Å²) in [5.74, 6) is 4.68. The van der Waals surface area contributed by atoms with Crippen LogP contribution in [0.15, 0.2) is 0 Å². The van der Waals surface area contributed by atoms with Crippen molar-refractivity contribution in [3.8, 4) is 0 Å². The summed E-state index contributed by atoms with van der Waals surface area (Å²) >= 11 is 0. The van der Waals surface area contributed by atoms with E-state index in [9.17, 15) is 48.0 Å². The molecule has 0 aromatic heterocycles. The van der Waals surface area contributed by atoms with Gasteiger partial charge < -0.3 is 27.1 Å². The Morgan fingerprint density at radius 2 is 0.710 bits per heavy atom. The molecule has 0 aromatic rings. The third-order valence-electron chi connectivity index (χ3n) is 4.64. The standard InChI is InChI=1S/C10H20.C3F7.C3H9P.BF4.Ir.H2O/c1-6-7(2)9(4)10(5)8(6)3;4-1(2(5,6)7)3(8,9)10;1-4(2)3;2-1(3,4)5;;/h6-10H,1-5H3;;1-3H3;;;1H2/q;-1;;-1;+3;. The monoisotopic (exact) mass is 683 g/mol. The number of rotatable bonds is 0. The van der Waals surface area contributed by atoms with Crippen molar-refractivity contribution in [3.63, 3.8) is 0 Å². The molecule has 0 amide bonds. The molecule has 15 heteroatoms. The van der Waals surface area contributed by atoms with Crippen molar-refractivity contribution in [1.82, 2.24) is 0 Å². The van der Waals surface area contributed by atoms with Crippen LogP contribution in [0.3, 0.4) is 0 Å². The molecule has 0 unspecified atom stereocenters. The molecule has 194 valence electrons. The van der Waals surface area contributed by atoms with E-state index in [1.54, 1.807) is 0 Å². The van der Waals surface area contributed by atoms with Crippen molar-refractivity contribution in [3.05, 3.63) is 6.17 Å². The van der Waals surface area contributed by atoms with E-state index >= 15 is 0 Å². The Hall–Kier alpha value is 0.334. The molecule has 0 radical (unpaired) electrons. The summed E-state index contributed by atoms with van der Waals surface area (Å²) in [5, 5.41) is 0. The fraction of sp³-hybridized carbons (Fsp3) is 0.938. The Morgan fingerprint density at radius 1 is 0.613 bits per heavy atom. The second-order valence-electron chi connectivity index (χ2n) is 7.44. The van der Waals surface area contributed by atoms with Crippen LogP contribution >= 0.6 is 7.92 Å². The van der Waals surface area contributed by atoms with E-state index in [0.717, 1.165) is 29.6 Å². The Morgan fingerprint density at radius 3 is 0.742 bits per heavy atom. The van der Waals surface area contributed by atoms with Crippen molar-refractivity contribution in [2.45, 2.75) is 47.0 Å². The predicted molar refractivity (Wildman–Crippen MR) is 101 cm³/mol. The maximum atomic E-state index is 11.1. The molecule has 0 bridgehead atoms. The van der Waals surface area contributed by atoms with Crippen LogP contribution in [0.1, 0.15) is 34.6 Å². The van der Waals surface area contributed by atoms with Gasteiger partial charge >= 0.3 is 39.7 Å². The molecule has 31 heavy (non-hydrogen) atoms. The third kappa shape index (κ3) is 23.3. The van der Waals surface area contributed by atoms with Crippen molar-refractivity contribution < 1.29 is 73.6 Å². The second-order valence-corrected chi connectivity index (χ2v) is 10.1. The molecule has 0 saturated heterocycles. The van der Waals surface area contributed by atoms with Gasteiger partial charge in [0, 0.05) is 6.17 Å². The molecule has 1 nitrogen and oxygen atoms in total. The molecular formula is C16H31BF11IrOP+. The van der Waals surface area contributed by atoms with E-state index in [1.807, 2.05) is 0 Å². The van der Waals surface area contributed by atoms with Crippen LogP contribution in [-0.2, 0) is 20.1 Å². The van der Waals surface area contributed by atoms with Gasteiger partial charge in [0.15, 0.2) is 0 Å². The first-order chi connectivity index (χ1) is 12.4. The van der Waals surface area contributed by atoms with Crippen LogP contribution in [0.5, 0.6) is 0 Å². The Balaban J connectivity index is -0.000000101. The van der Waals surface area contributed by atoms with Gasteiger partial charge in [0.2, 0.25) is 0 Å². The number of alkyl halides is 6. The summed E-state index contributed by atoms with van der Waals surface area (Å²) in [5.41, 5.74) is 0. The van der Waals surface area contributed by atoms with E-state index in [-0.39, 0.29) is 25.6 Å². The van der Waals surface area contributed by atoms with Gasteiger partial charge in [-0.25, -0.2) is 26.3 Å². The zero-order valence-corrected chi connectivity index (χ0v) is 21.7. The van der Waals surface area contributed by atoms with Crippen LogP contribution in [0.4, 0.5) is 48.0 Å². The molecule has 1 aliphatic rings. The van der Waals surface area contributed by atoms with Gasteiger partial charge in [0.05, 0.1) is 0 Å². The molecule has 0 aliphatic heterocycles. The Labute approximate surface area is 191 Å². The van der Waals surface area contributed by atoms with E-state index in [1.165, 1.54) is 0 Å². The zero-order chi connectivity index (χ0) is 24.5. The van der Waals surface area contributed by atoms with Gasteiger partial charge in [-0.05, 0) is 49.6 Å². The van der Waals surface area contributed by atoms with Crippen LogP contribution in [-0.4, -0.2) is 45.1 Å². The van der Waals surface area contributed by atoms with Gasteiger partial charge in [0.25, 0.3) is 0 Å². The van der Waals surface area contributed by atoms with Crippen molar-refractivity contribution in [2.75, 3.05) is 20.0 Å². The SMILES string of the molecule is CC1C(C)C(C)C(C)C1C.CP(C)C.F[B-](F)(F)F.F[C-](C(F)(F)F)C(F)(F)F.O.[Ir+3]. The van der Waals surface area contributed by atoms with Crippen molar-refractivity contribution in [2.24, 2.45) is 29.6 Å². The smallest absolute Gasteiger partial charge is 0.438 e. The Kier molecular flexibility index (Phi) is 22.6. The van der Waals surface area contributed by atoms with Gasteiger partial charge in [-0.1, -0.05) is 34.6 Å². The van der Waals surface area contributed by atoms with E-state index < -0.39 is 25.8 Å². The summed E-state index contributed by atoms with van der Waals surface area (Å²) in [6, 6.07) is 0. The third-order valence-corrected chi connectivity index (χ3v) is 4.64. The normalized spacial score (nSPS) is 25.6. The van der Waals surface area contributed by atoms with Crippen LogP contribution in [0, 0.1) is 35.8 Å². The fourth-order valence-corrected chi connectivity index (χ4v) is 2.55. The van der Waals surface area contributed by atoms with Gasteiger partial charge in [-0.15, -0.1) is 7.92 Å². The van der Waals surface area contributed by atoms with Crippen molar-refractivity contribution in [1.29, 1.82) is 0 Å². The van der Waals surface area contributed by atoms with Gasteiger partial charge in [-0.2, -0.15) is 0 Å². The van der Waals surface area contributed by atoms with Gasteiger partial charge in [0.1, 0.15) is 0 Å². The minimum Gasteiger partial charge on any atom is -0.438 e.